The maximum absolute atomic E-state index is 13.9. The van der Waals surface area contributed by atoms with Crippen molar-refractivity contribution in [2.24, 2.45) is 0 Å². The predicted octanol–water partition coefficient (Wildman–Crippen LogP) is 24.2. The van der Waals surface area contributed by atoms with Crippen molar-refractivity contribution >= 4 is 149 Å². The quantitative estimate of drug-likeness (QED) is 0.0266. The van der Waals surface area contributed by atoms with Crippen LogP contribution < -0.4 is 24.3 Å². The van der Waals surface area contributed by atoms with Crippen LogP contribution in [-0.4, -0.2) is 205 Å². The number of nitrogens with zero attached hydrogens (tertiary/aromatic N) is 12. The third-order valence-corrected chi connectivity index (χ3v) is 22.7. The maximum Gasteiger partial charge on any atom is 0.490 e. The molecular formula is C97H112BBr2Cl3F6IN13O16. The molecule has 11 aromatic rings. The monoisotopic (exact) mass is 2230 g/mol. The zero-order valence-corrected chi connectivity index (χ0v) is 87.0. The molecule has 0 radical (unpaired) electrons. The summed E-state index contributed by atoms with van der Waals surface area (Å²) < 4.78 is 141. The van der Waals surface area contributed by atoms with E-state index < -0.39 is 68.7 Å². The van der Waals surface area contributed by atoms with Gasteiger partial charge in [-0.1, -0.05) is 77.0 Å². The largest absolute Gasteiger partial charge is 0.505 e. The van der Waals surface area contributed by atoms with Gasteiger partial charge in [0.15, 0.2) is 28.4 Å². The number of aromatic hydroxyl groups is 1. The minimum Gasteiger partial charge on any atom is -0.505 e. The molecule has 1 fully saturated rings. The number of carbonyl (C=O) groups is 4. The zero-order valence-electron chi connectivity index (χ0n) is 79.4. The number of hydrogen-bond donors (Lipinski definition) is 3. The van der Waals surface area contributed by atoms with E-state index in [0.717, 1.165) is 103 Å². The fraction of sp³-hybridized carbons (Fsp3) is 0.392. The van der Waals surface area contributed by atoms with Gasteiger partial charge in [0, 0.05) is 111 Å². The van der Waals surface area contributed by atoms with Crippen LogP contribution in [0.1, 0.15) is 179 Å². The highest BCUT2D eigenvalue weighted by Crippen LogP contribution is 2.43. The molecule has 0 saturated carbocycles. The summed E-state index contributed by atoms with van der Waals surface area (Å²) in [4.78, 5) is 81.8. The van der Waals surface area contributed by atoms with Crippen LogP contribution in [0.3, 0.4) is 0 Å². The zero-order chi connectivity index (χ0) is 101. The first kappa shape index (κ1) is 113. The van der Waals surface area contributed by atoms with Crippen LogP contribution in [0.25, 0.3) is 50.3 Å². The summed E-state index contributed by atoms with van der Waals surface area (Å²) in [5, 5.41) is 20.5. The lowest BCUT2D eigenvalue weighted by Crippen LogP contribution is -2.41. The van der Waals surface area contributed by atoms with Gasteiger partial charge in [-0.3, -0.25) is 28.5 Å². The number of alkyl halides is 7. The van der Waals surface area contributed by atoms with E-state index in [9.17, 15) is 45.5 Å². The van der Waals surface area contributed by atoms with E-state index in [1.54, 1.807) is 52.8 Å². The number of pyridine rings is 7. The molecule has 0 aromatic carbocycles. The number of ether oxygens (including phenoxy) is 6. The number of imidazole rings is 2. The number of carboxylic acids is 1. The van der Waals surface area contributed by atoms with Crippen molar-refractivity contribution in [3.63, 3.8) is 0 Å². The van der Waals surface area contributed by atoms with Gasteiger partial charge in [0.05, 0.1) is 73.8 Å². The highest BCUT2D eigenvalue weighted by molar-refractivity contribution is 14.1. The summed E-state index contributed by atoms with van der Waals surface area (Å²) in [6.45, 7) is 36.6. The molecule has 11 aromatic heterocycles. The molecule has 0 bridgehead atoms. The second-order valence-electron chi connectivity index (χ2n) is 33.5. The molecule has 29 nitrogen and oxygen atoms in total. The second kappa shape index (κ2) is 52.1. The molecule has 748 valence electrons. The third-order valence-electron chi connectivity index (χ3n) is 20.8. The molecule has 1 saturated heterocycles. The van der Waals surface area contributed by atoms with Gasteiger partial charge in [0.2, 0.25) is 0 Å². The molecule has 3 amide bonds. The average molecular weight is 2230 g/mol. The van der Waals surface area contributed by atoms with Crippen LogP contribution in [0.5, 0.6) is 28.7 Å². The number of fused-ring (bicyclic) bond motifs is 2. The standard InChI is InChI=1S/C25H20ClF3N4O3.C17H24N2O3.C16H28BNO4.C13H6ClF3N2O3.C12H16N2O.C7H8BrNO.C5H4BrNO.C2H5I.ClH/c1-2-36-19-4-3-8-30-20(19)15-5-9-32(10-6-15)24(34)21-22(26)33-13-17(16-7-11-35-14-16)12-18(23(33)31-21)25(27,28)29;1-5-21-14-7-6-10-18-15(14)13-8-11-19(12-9-13)16(20)22-17(2,3)4;1-14(2,3)20-13(19)18-10-8-12(9-11-18)17-21-15(4,5)16(6,7)22-17;14-10-9(12(20)21)18-11-8(13(15,16)17)3-7(4-19(10)11)6-1-2-22-5-6;1-2-15-11-4-3-7-14-12(11)10-5-8-13-9-6-10;1-2-10-6-4-3-5-9-7(6)8;6-5-4(8)2-1-3-7-5;1-2-3;/h3-5,7-8,11-14H,2,6,9-10H2,1H3;6-8,10H,5,9,11-12H2,1-4H3;8H,9-11H2,1-7H3;1-5H,(H,20,21);3-5,7,13H,2,6,8-9H2,1H3;3-5H,2H2,1H3;1-3,8H;2H2,1H3;1H. The maximum atomic E-state index is 13.9. The third kappa shape index (κ3) is 32.1. The minimum atomic E-state index is -4.72. The molecule has 0 unspecified atom stereocenters. The molecule has 5 aliphatic heterocycles. The number of hydrogen-bond acceptors (Lipinski definition) is 23. The van der Waals surface area contributed by atoms with Gasteiger partial charge in [-0.2, -0.15) is 26.3 Å². The summed E-state index contributed by atoms with van der Waals surface area (Å²) in [5.74, 6) is 1.25. The van der Waals surface area contributed by atoms with Crippen LogP contribution in [0.4, 0.5) is 35.9 Å². The fourth-order valence-electron chi connectivity index (χ4n) is 13.6. The summed E-state index contributed by atoms with van der Waals surface area (Å²) in [5.41, 5.74) is 2.68. The number of carbonyl (C=O) groups excluding carboxylic acids is 3. The first-order valence-electron chi connectivity index (χ1n) is 44.1. The molecule has 16 heterocycles. The van der Waals surface area contributed by atoms with Gasteiger partial charge < -0.3 is 76.8 Å². The first-order chi connectivity index (χ1) is 65.4. The number of amides is 3. The van der Waals surface area contributed by atoms with Crippen molar-refractivity contribution in [1.29, 1.82) is 0 Å². The van der Waals surface area contributed by atoms with Crippen molar-refractivity contribution in [1.82, 2.24) is 63.7 Å². The Kier molecular flexibility index (Phi) is 42.5. The van der Waals surface area contributed by atoms with Gasteiger partial charge >= 0.3 is 37.6 Å². The van der Waals surface area contributed by atoms with Gasteiger partial charge in [-0.25, -0.2) is 34.3 Å². The van der Waals surface area contributed by atoms with Gasteiger partial charge in [0.1, 0.15) is 70.8 Å². The number of aromatic carboxylic acids is 1. The SMILES string of the molecule is CC(C)(C)OC(=O)N1CC=C(B2OC(C)(C)C(C)(C)O2)CC1.CCI.CCOc1cccnc1Br.CCOc1cccnc1C1=CCN(C(=O)OC(C)(C)C)CC1.CCOc1cccnc1C1=CCN(C(=O)c2nc3c(C(F)(F)F)cc(-c4ccoc4)cn3c2Cl)CC1.CCOc1cccnc1C1=CCNCC1.Cl.O=C(O)c1nc2c(C(F)(F)F)cc(-c3ccoc3)cn2c1Cl.Oc1cccnc1Br. The topological polar surface area (TPSA) is 330 Å². The average Bonchev–Trinajstić information content (AvgIpc) is 1.61. The molecule has 0 aliphatic carbocycles. The molecular weight excluding hydrogens is 2120 g/mol. The molecule has 139 heavy (non-hydrogen) atoms. The fourth-order valence-corrected chi connectivity index (χ4v) is 14.8. The van der Waals surface area contributed by atoms with Crippen LogP contribution in [-0.2, 0) is 31.1 Å². The molecule has 0 spiro atoms. The van der Waals surface area contributed by atoms with Crippen LogP contribution >= 0.6 is 90.1 Å². The lowest BCUT2D eigenvalue weighted by Gasteiger charge is -2.32. The number of rotatable bonds is 16. The molecule has 16 rings (SSSR count). The van der Waals surface area contributed by atoms with Crippen molar-refractivity contribution in [3.8, 4) is 51.0 Å². The molecule has 3 N–H and O–H groups in total. The summed E-state index contributed by atoms with van der Waals surface area (Å²) >= 11 is 20.8. The lowest BCUT2D eigenvalue weighted by molar-refractivity contribution is -0.137. The van der Waals surface area contributed by atoms with Crippen molar-refractivity contribution in [2.75, 3.05) is 83.2 Å². The van der Waals surface area contributed by atoms with Crippen molar-refractivity contribution in [3.05, 3.63) is 242 Å². The molecule has 0 atom stereocenters. The summed E-state index contributed by atoms with van der Waals surface area (Å²) in [7, 11) is -0.314. The number of furan rings is 2. The number of halogens is 12. The van der Waals surface area contributed by atoms with Crippen molar-refractivity contribution in [2.45, 2.75) is 164 Å². The van der Waals surface area contributed by atoms with Crippen LogP contribution in [0.2, 0.25) is 10.3 Å². The number of nitrogens with one attached hydrogen (secondary N) is 1. The second-order valence-corrected chi connectivity index (χ2v) is 37.3. The van der Waals surface area contributed by atoms with E-state index in [1.165, 1.54) is 64.5 Å². The van der Waals surface area contributed by atoms with Gasteiger partial charge in [-0.15, -0.1) is 12.4 Å². The van der Waals surface area contributed by atoms with E-state index in [-0.39, 0.29) is 77.2 Å². The number of aromatic nitrogens is 9. The Balaban J connectivity index is 0.000000206. The van der Waals surface area contributed by atoms with E-state index >= 15 is 0 Å². The van der Waals surface area contributed by atoms with E-state index in [2.05, 4.69) is 108 Å². The van der Waals surface area contributed by atoms with E-state index in [1.807, 2.05) is 164 Å². The van der Waals surface area contributed by atoms with Crippen molar-refractivity contribution < 1.29 is 102 Å². The summed E-state index contributed by atoms with van der Waals surface area (Å²) in [6, 6.07) is 23.1. The Hall–Kier alpha value is -10.8. The van der Waals surface area contributed by atoms with Gasteiger partial charge in [-0.05, 0) is 273 Å². The predicted molar refractivity (Wildman–Crippen MR) is 538 cm³/mol. The van der Waals surface area contributed by atoms with E-state index in [4.69, 9.17) is 80.0 Å². The van der Waals surface area contributed by atoms with Crippen LogP contribution in [0, 0.1) is 0 Å². The van der Waals surface area contributed by atoms with Gasteiger partial charge in [0.25, 0.3) is 5.91 Å². The Morgan fingerprint density at radius 1 is 0.525 bits per heavy atom. The Labute approximate surface area is 849 Å². The molecule has 5 aliphatic rings. The lowest BCUT2D eigenvalue weighted by atomic mass is 9.75. The Morgan fingerprint density at radius 3 is 1.25 bits per heavy atom. The highest BCUT2D eigenvalue weighted by atomic mass is 127. The highest BCUT2D eigenvalue weighted by Gasteiger charge is 2.53. The number of carboxylic acid groups (broad SMARTS) is 1. The van der Waals surface area contributed by atoms with E-state index in [0.29, 0.717) is 92.7 Å². The Morgan fingerprint density at radius 2 is 0.906 bits per heavy atom. The minimum absolute atomic E-state index is 0. The first-order valence-corrected chi connectivity index (χ1v) is 48.0. The molecule has 42 heteroatoms. The summed E-state index contributed by atoms with van der Waals surface area (Å²) in [6.07, 6.45) is 17.7. The normalized spacial score (nSPS) is 14.9. The Bertz CT molecular complexity index is 6020. The van der Waals surface area contributed by atoms with Crippen LogP contribution in [0.15, 0.2) is 201 Å². The smallest absolute Gasteiger partial charge is 0.490 e.